The van der Waals surface area contributed by atoms with Crippen LogP contribution in [-0.2, 0) is 13.0 Å². The molecule has 1 aromatic carbocycles. The molecule has 0 aliphatic rings. The van der Waals surface area contributed by atoms with Gasteiger partial charge in [-0.25, -0.2) is 0 Å². The molecule has 0 saturated carbocycles. The first-order chi connectivity index (χ1) is 14.1. The van der Waals surface area contributed by atoms with Gasteiger partial charge in [0, 0.05) is 45.8 Å². The molecule has 5 nitrogen and oxygen atoms in total. The second-order valence-electron chi connectivity index (χ2n) is 8.96. The summed E-state index contributed by atoms with van der Waals surface area (Å²) in [6.45, 7) is 11.2. The van der Waals surface area contributed by atoms with Gasteiger partial charge in [-0.2, -0.15) is 0 Å². The average molecular weight is 473 g/mol. The van der Waals surface area contributed by atoms with Crippen LogP contribution < -0.4 is 5.46 Å². The second kappa shape index (κ2) is 8.83. The number of aliphatic hydroxyl groups excluding tert-OH is 1. The van der Waals surface area contributed by atoms with E-state index in [4.69, 9.17) is 0 Å². The SMILES string of the molecule is CCn1c(-c2cc(B(O)O)cnc2C(C)C)c(CC(C)(C)CO)c2cc(Br)ccc21. The molecule has 0 aliphatic heterocycles. The minimum atomic E-state index is -1.58. The lowest BCUT2D eigenvalue weighted by Gasteiger charge is -2.24. The predicted octanol–water partition coefficient (Wildman–Crippen LogP) is 3.85. The molecule has 0 atom stereocenters. The van der Waals surface area contributed by atoms with E-state index in [0.29, 0.717) is 11.9 Å². The number of benzene rings is 1. The molecule has 3 rings (SSSR count). The van der Waals surface area contributed by atoms with Crippen LogP contribution in [-0.4, -0.2) is 38.4 Å². The monoisotopic (exact) mass is 472 g/mol. The summed E-state index contributed by atoms with van der Waals surface area (Å²) in [5.41, 5.74) is 5.18. The van der Waals surface area contributed by atoms with Gasteiger partial charge in [-0.15, -0.1) is 0 Å². The number of fused-ring (bicyclic) bond motifs is 1. The molecule has 30 heavy (non-hydrogen) atoms. The van der Waals surface area contributed by atoms with Crippen molar-refractivity contribution in [2.45, 2.75) is 53.5 Å². The summed E-state index contributed by atoms with van der Waals surface area (Å²) in [6, 6.07) is 8.11. The van der Waals surface area contributed by atoms with Crippen LogP contribution in [0.4, 0.5) is 0 Å². The van der Waals surface area contributed by atoms with E-state index in [-0.39, 0.29) is 17.9 Å². The Morgan fingerprint density at radius 1 is 1.20 bits per heavy atom. The Labute approximate surface area is 187 Å². The van der Waals surface area contributed by atoms with Crippen LogP contribution in [0.25, 0.3) is 22.2 Å². The zero-order valence-corrected chi connectivity index (χ0v) is 19.9. The number of aromatic nitrogens is 2. The van der Waals surface area contributed by atoms with E-state index in [1.54, 1.807) is 0 Å². The van der Waals surface area contributed by atoms with Crippen molar-refractivity contribution in [3.8, 4) is 11.3 Å². The van der Waals surface area contributed by atoms with Gasteiger partial charge < -0.3 is 19.7 Å². The van der Waals surface area contributed by atoms with Crippen molar-refractivity contribution in [2.24, 2.45) is 5.41 Å². The van der Waals surface area contributed by atoms with E-state index in [2.05, 4.69) is 72.2 Å². The third-order valence-corrected chi connectivity index (χ3v) is 6.06. The number of halogens is 1. The van der Waals surface area contributed by atoms with Crippen LogP contribution in [0.1, 0.15) is 51.8 Å². The van der Waals surface area contributed by atoms with Crippen LogP contribution in [0.15, 0.2) is 34.9 Å². The molecule has 0 aliphatic carbocycles. The molecular weight excluding hydrogens is 443 g/mol. The minimum absolute atomic E-state index is 0.0733. The fourth-order valence-electron chi connectivity index (χ4n) is 4.03. The molecule has 0 radical (unpaired) electrons. The highest BCUT2D eigenvalue weighted by molar-refractivity contribution is 9.10. The van der Waals surface area contributed by atoms with E-state index in [9.17, 15) is 15.2 Å². The van der Waals surface area contributed by atoms with Crippen molar-refractivity contribution < 1.29 is 15.2 Å². The van der Waals surface area contributed by atoms with Gasteiger partial charge in [-0.05, 0) is 54.5 Å². The molecule has 0 spiro atoms. The van der Waals surface area contributed by atoms with Crippen molar-refractivity contribution in [3.05, 3.63) is 46.2 Å². The standard InChI is InChI=1S/C23H30BBrN2O3/c1-6-27-20-8-7-16(25)10-17(20)19(11-23(4,5)13-28)22(27)18-9-15(24(29)30)12-26-21(18)14(2)3/h7-10,12,14,28-30H,6,11,13H2,1-5H3. The summed E-state index contributed by atoms with van der Waals surface area (Å²) in [6.07, 6.45) is 2.22. The zero-order chi connectivity index (χ0) is 22.2. The molecule has 3 aromatic rings. The van der Waals surface area contributed by atoms with Crippen molar-refractivity contribution in [2.75, 3.05) is 6.61 Å². The fraction of sp³-hybridized carbons (Fsp3) is 0.435. The Balaban J connectivity index is 2.44. The largest absolute Gasteiger partial charge is 0.490 e. The molecule has 0 saturated heterocycles. The van der Waals surface area contributed by atoms with Gasteiger partial charge >= 0.3 is 7.12 Å². The van der Waals surface area contributed by atoms with Crippen LogP contribution in [0.5, 0.6) is 0 Å². The Kier molecular flexibility index (Phi) is 6.77. The summed E-state index contributed by atoms with van der Waals surface area (Å²) in [5, 5.41) is 30.7. The van der Waals surface area contributed by atoms with Crippen molar-refractivity contribution in [1.82, 2.24) is 9.55 Å². The third kappa shape index (κ3) is 4.35. The van der Waals surface area contributed by atoms with Crippen LogP contribution in [0, 0.1) is 5.41 Å². The van der Waals surface area contributed by atoms with Gasteiger partial charge in [0.25, 0.3) is 0 Å². The number of pyridine rings is 1. The molecule has 0 unspecified atom stereocenters. The number of aliphatic hydroxyl groups is 1. The number of hydrogen-bond donors (Lipinski definition) is 3. The Bertz CT molecular complexity index is 1060. The molecule has 3 N–H and O–H groups in total. The normalized spacial score (nSPS) is 12.2. The number of rotatable bonds is 7. The number of hydrogen-bond acceptors (Lipinski definition) is 4. The summed E-state index contributed by atoms with van der Waals surface area (Å²) in [5.74, 6) is 0.165. The van der Waals surface area contributed by atoms with Crippen molar-refractivity contribution >= 4 is 39.4 Å². The number of nitrogens with zero attached hydrogens (tertiary/aromatic N) is 2. The number of aryl methyl sites for hydroxylation is 1. The van der Waals surface area contributed by atoms with Gasteiger partial charge in [0.05, 0.1) is 11.4 Å². The van der Waals surface area contributed by atoms with Crippen LogP contribution in [0.3, 0.4) is 0 Å². The highest BCUT2D eigenvalue weighted by Crippen LogP contribution is 2.40. The van der Waals surface area contributed by atoms with E-state index >= 15 is 0 Å². The van der Waals surface area contributed by atoms with Gasteiger partial charge in [0.2, 0.25) is 0 Å². The highest BCUT2D eigenvalue weighted by Gasteiger charge is 2.28. The van der Waals surface area contributed by atoms with E-state index in [0.717, 1.165) is 44.4 Å². The van der Waals surface area contributed by atoms with Crippen molar-refractivity contribution in [1.29, 1.82) is 0 Å². The third-order valence-electron chi connectivity index (χ3n) is 5.57. The second-order valence-corrected chi connectivity index (χ2v) is 9.88. The Morgan fingerprint density at radius 3 is 2.47 bits per heavy atom. The molecule has 7 heteroatoms. The van der Waals surface area contributed by atoms with Gasteiger partial charge in [0.1, 0.15) is 0 Å². The fourth-order valence-corrected chi connectivity index (χ4v) is 4.39. The molecule has 0 amide bonds. The van der Waals surface area contributed by atoms with E-state index < -0.39 is 7.12 Å². The maximum Gasteiger partial charge on any atom is 0.490 e. The Hall–Kier alpha value is -1.67. The topological polar surface area (TPSA) is 78.5 Å². The lowest BCUT2D eigenvalue weighted by molar-refractivity contribution is 0.160. The molecule has 2 heterocycles. The molecule has 0 fully saturated rings. The quantitative estimate of drug-likeness (QED) is 0.456. The lowest BCUT2D eigenvalue weighted by Crippen LogP contribution is -2.31. The summed E-state index contributed by atoms with van der Waals surface area (Å²) < 4.78 is 3.26. The summed E-state index contributed by atoms with van der Waals surface area (Å²) >= 11 is 3.61. The smallest absolute Gasteiger partial charge is 0.423 e. The molecular formula is C23H30BBrN2O3. The summed E-state index contributed by atoms with van der Waals surface area (Å²) in [7, 11) is -1.58. The van der Waals surface area contributed by atoms with E-state index in [1.165, 1.54) is 6.20 Å². The molecule has 2 aromatic heterocycles. The zero-order valence-electron chi connectivity index (χ0n) is 18.3. The maximum absolute atomic E-state index is 9.97. The van der Waals surface area contributed by atoms with Gasteiger partial charge in [0.15, 0.2) is 0 Å². The van der Waals surface area contributed by atoms with Crippen LogP contribution >= 0.6 is 15.9 Å². The maximum atomic E-state index is 9.97. The van der Waals surface area contributed by atoms with Crippen LogP contribution in [0.2, 0.25) is 0 Å². The first kappa shape index (κ1) is 23.0. The first-order valence-corrected chi connectivity index (χ1v) is 11.2. The predicted molar refractivity (Wildman–Crippen MR) is 127 cm³/mol. The lowest BCUT2D eigenvalue weighted by atomic mass is 9.79. The van der Waals surface area contributed by atoms with Gasteiger partial charge in [-0.1, -0.05) is 43.6 Å². The Morgan fingerprint density at radius 2 is 1.90 bits per heavy atom. The average Bonchev–Trinajstić information content (AvgIpc) is 2.99. The first-order valence-electron chi connectivity index (χ1n) is 10.4. The van der Waals surface area contributed by atoms with Crippen molar-refractivity contribution in [3.63, 3.8) is 0 Å². The highest BCUT2D eigenvalue weighted by atomic mass is 79.9. The molecule has 160 valence electrons. The van der Waals surface area contributed by atoms with E-state index in [1.807, 2.05) is 12.1 Å². The summed E-state index contributed by atoms with van der Waals surface area (Å²) in [4.78, 5) is 4.60. The molecule has 0 bridgehead atoms. The minimum Gasteiger partial charge on any atom is -0.423 e. The van der Waals surface area contributed by atoms with Gasteiger partial charge in [-0.3, -0.25) is 4.98 Å².